The molecule has 0 atom stereocenters. The van der Waals surface area contributed by atoms with Crippen molar-refractivity contribution in [2.75, 3.05) is 13.1 Å². The van der Waals surface area contributed by atoms with Crippen molar-refractivity contribution in [2.24, 2.45) is 0 Å². The number of rotatable bonds is 3. The maximum absolute atomic E-state index is 14.6. The zero-order chi connectivity index (χ0) is 10.7. The van der Waals surface area contributed by atoms with Crippen LogP contribution in [0.15, 0.2) is 6.20 Å². The predicted octanol–water partition coefficient (Wildman–Crippen LogP) is 1.24. The summed E-state index contributed by atoms with van der Waals surface area (Å²) in [6, 6.07) is 0. The molecule has 15 heavy (non-hydrogen) atoms. The Labute approximate surface area is 88.9 Å². The van der Waals surface area contributed by atoms with Crippen LogP contribution in [0.1, 0.15) is 31.9 Å². The Bertz CT molecular complexity index is 317. The van der Waals surface area contributed by atoms with Gasteiger partial charge in [-0.3, -0.25) is 0 Å². The lowest BCUT2D eigenvalue weighted by Gasteiger charge is -2.29. The average Bonchev–Trinajstić information content (AvgIpc) is 2.68. The van der Waals surface area contributed by atoms with Gasteiger partial charge in [0.05, 0.1) is 11.9 Å². The fourth-order valence-corrected chi connectivity index (χ4v) is 2.06. The van der Waals surface area contributed by atoms with E-state index in [-0.39, 0.29) is 0 Å². The molecule has 2 heterocycles. The molecule has 5 heteroatoms. The van der Waals surface area contributed by atoms with E-state index in [1.165, 1.54) is 0 Å². The minimum Gasteiger partial charge on any atom is -0.316 e. The summed E-state index contributed by atoms with van der Waals surface area (Å²) in [7, 11) is 0. The van der Waals surface area contributed by atoms with Gasteiger partial charge in [0, 0.05) is 6.54 Å². The number of hydrogen-bond acceptors (Lipinski definition) is 3. The maximum Gasteiger partial charge on any atom is 0.156 e. The summed E-state index contributed by atoms with van der Waals surface area (Å²) in [4.78, 5) is 0. The molecule has 1 saturated heterocycles. The molecule has 1 aromatic rings. The number of nitrogens with one attached hydrogen (secondary N) is 1. The Hall–Kier alpha value is -0.970. The Balaban J connectivity index is 2.22. The van der Waals surface area contributed by atoms with E-state index in [1.807, 2.05) is 0 Å². The Morgan fingerprint density at radius 2 is 2.27 bits per heavy atom. The van der Waals surface area contributed by atoms with Crippen molar-refractivity contribution in [3.8, 4) is 0 Å². The monoisotopic (exact) mass is 212 g/mol. The fourth-order valence-electron chi connectivity index (χ4n) is 2.06. The second-order valence-electron chi connectivity index (χ2n) is 4.06. The molecule has 0 spiro atoms. The van der Waals surface area contributed by atoms with Crippen molar-refractivity contribution in [1.82, 2.24) is 20.3 Å². The molecule has 84 valence electrons. The minimum atomic E-state index is -1.23. The highest BCUT2D eigenvalue weighted by Gasteiger charge is 2.36. The molecule has 1 N–H and O–H groups in total. The van der Waals surface area contributed by atoms with E-state index in [9.17, 15) is 4.39 Å². The summed E-state index contributed by atoms with van der Waals surface area (Å²) in [5.74, 6) is 0. The Kier molecular flexibility index (Phi) is 3.00. The minimum absolute atomic E-state index is 0.518. The van der Waals surface area contributed by atoms with Gasteiger partial charge in [-0.15, -0.1) is 5.10 Å². The van der Waals surface area contributed by atoms with Gasteiger partial charge in [0.1, 0.15) is 0 Å². The van der Waals surface area contributed by atoms with Crippen LogP contribution in [-0.2, 0) is 12.2 Å². The molecule has 0 aromatic carbocycles. The molecular formula is C10H17FN4. The van der Waals surface area contributed by atoms with E-state index >= 15 is 0 Å². The highest BCUT2D eigenvalue weighted by Crippen LogP contribution is 2.34. The van der Waals surface area contributed by atoms with Gasteiger partial charge in [0.2, 0.25) is 0 Å². The van der Waals surface area contributed by atoms with Crippen molar-refractivity contribution < 1.29 is 4.39 Å². The maximum atomic E-state index is 14.6. The second kappa shape index (κ2) is 4.26. The first-order valence-corrected chi connectivity index (χ1v) is 5.55. The molecule has 1 fully saturated rings. The molecule has 0 aliphatic carbocycles. The smallest absolute Gasteiger partial charge is 0.156 e. The fraction of sp³-hybridized carbons (Fsp3) is 0.800. The van der Waals surface area contributed by atoms with Crippen molar-refractivity contribution in [3.05, 3.63) is 11.9 Å². The molecule has 1 aromatic heterocycles. The van der Waals surface area contributed by atoms with E-state index in [0.717, 1.165) is 26.1 Å². The van der Waals surface area contributed by atoms with Crippen molar-refractivity contribution in [1.29, 1.82) is 0 Å². The molecule has 4 nitrogen and oxygen atoms in total. The van der Waals surface area contributed by atoms with Crippen LogP contribution in [0.4, 0.5) is 4.39 Å². The quantitative estimate of drug-likeness (QED) is 0.819. The Morgan fingerprint density at radius 3 is 2.93 bits per heavy atom. The summed E-state index contributed by atoms with van der Waals surface area (Å²) in [6.45, 7) is 4.26. The van der Waals surface area contributed by atoms with Crippen molar-refractivity contribution in [2.45, 2.75) is 38.4 Å². The van der Waals surface area contributed by atoms with E-state index in [2.05, 4.69) is 22.6 Å². The third kappa shape index (κ3) is 2.02. The summed E-state index contributed by atoms with van der Waals surface area (Å²) < 4.78 is 16.3. The zero-order valence-electron chi connectivity index (χ0n) is 9.04. The first-order chi connectivity index (χ1) is 7.26. The number of piperidine rings is 1. The van der Waals surface area contributed by atoms with Crippen LogP contribution < -0.4 is 5.32 Å². The van der Waals surface area contributed by atoms with Crippen LogP contribution in [0.5, 0.6) is 0 Å². The van der Waals surface area contributed by atoms with Crippen LogP contribution in [0.3, 0.4) is 0 Å². The first-order valence-electron chi connectivity index (χ1n) is 5.55. The number of halogens is 1. The van der Waals surface area contributed by atoms with Gasteiger partial charge in [0.25, 0.3) is 0 Å². The predicted molar refractivity (Wildman–Crippen MR) is 55.2 cm³/mol. The normalized spacial score (nSPS) is 20.4. The van der Waals surface area contributed by atoms with Gasteiger partial charge in [0.15, 0.2) is 5.67 Å². The van der Waals surface area contributed by atoms with Crippen LogP contribution in [0.2, 0.25) is 0 Å². The molecule has 0 amide bonds. The summed E-state index contributed by atoms with van der Waals surface area (Å²) in [6.07, 6.45) is 3.56. The van der Waals surface area contributed by atoms with Crippen LogP contribution in [0, 0.1) is 0 Å². The molecular weight excluding hydrogens is 195 g/mol. The number of hydrogen-bond donors (Lipinski definition) is 1. The molecule has 2 rings (SSSR count). The first kappa shape index (κ1) is 10.5. The molecule has 0 bridgehead atoms. The molecule has 0 unspecified atom stereocenters. The lowest BCUT2D eigenvalue weighted by Crippen LogP contribution is -2.38. The molecule has 0 radical (unpaired) electrons. The van der Waals surface area contributed by atoms with Crippen LogP contribution in [0.25, 0.3) is 0 Å². The van der Waals surface area contributed by atoms with Crippen molar-refractivity contribution in [3.63, 3.8) is 0 Å². The van der Waals surface area contributed by atoms with E-state index in [0.29, 0.717) is 18.5 Å². The number of aromatic nitrogens is 3. The summed E-state index contributed by atoms with van der Waals surface area (Å²) in [5, 5.41) is 10.9. The third-order valence-electron chi connectivity index (χ3n) is 2.91. The number of alkyl halides is 1. The van der Waals surface area contributed by atoms with Gasteiger partial charge in [-0.1, -0.05) is 12.1 Å². The van der Waals surface area contributed by atoms with Crippen LogP contribution in [-0.4, -0.2) is 28.1 Å². The summed E-state index contributed by atoms with van der Waals surface area (Å²) >= 11 is 0. The van der Waals surface area contributed by atoms with Crippen molar-refractivity contribution >= 4 is 0 Å². The lowest BCUT2D eigenvalue weighted by molar-refractivity contribution is 0.103. The topological polar surface area (TPSA) is 42.7 Å². The van der Waals surface area contributed by atoms with Gasteiger partial charge < -0.3 is 5.32 Å². The zero-order valence-corrected chi connectivity index (χ0v) is 9.04. The summed E-state index contributed by atoms with van der Waals surface area (Å²) in [5.41, 5.74) is -0.588. The number of nitrogens with zero attached hydrogens (tertiary/aromatic N) is 3. The standard InChI is InChI=1S/C10H17FN4/c1-2-7-15-9(8-13-14-15)10(11)3-5-12-6-4-10/h8,12H,2-7H2,1H3. The molecule has 1 aliphatic rings. The highest BCUT2D eigenvalue weighted by molar-refractivity contribution is 5.10. The van der Waals surface area contributed by atoms with Gasteiger partial charge in [-0.2, -0.15) is 0 Å². The van der Waals surface area contributed by atoms with E-state index in [4.69, 9.17) is 0 Å². The Morgan fingerprint density at radius 1 is 1.53 bits per heavy atom. The molecule has 0 saturated carbocycles. The largest absolute Gasteiger partial charge is 0.316 e. The lowest BCUT2D eigenvalue weighted by atomic mass is 9.91. The third-order valence-corrected chi connectivity index (χ3v) is 2.91. The van der Waals surface area contributed by atoms with Gasteiger partial charge in [-0.05, 0) is 32.4 Å². The second-order valence-corrected chi connectivity index (χ2v) is 4.06. The van der Waals surface area contributed by atoms with Gasteiger partial charge >= 0.3 is 0 Å². The highest BCUT2D eigenvalue weighted by atomic mass is 19.1. The van der Waals surface area contributed by atoms with E-state index < -0.39 is 5.67 Å². The number of aryl methyl sites for hydroxylation is 1. The average molecular weight is 212 g/mol. The van der Waals surface area contributed by atoms with Gasteiger partial charge in [-0.25, -0.2) is 9.07 Å². The van der Waals surface area contributed by atoms with Crippen LogP contribution >= 0.6 is 0 Å². The van der Waals surface area contributed by atoms with E-state index in [1.54, 1.807) is 10.9 Å². The SMILES string of the molecule is CCCn1nncc1C1(F)CCNCC1. The molecule has 1 aliphatic heterocycles.